The van der Waals surface area contributed by atoms with Crippen LogP contribution in [-0.2, 0) is 6.42 Å². The Bertz CT molecular complexity index is 498. The molecule has 0 aliphatic heterocycles. The smallest absolute Gasteiger partial charge is 0.141 e. The van der Waals surface area contributed by atoms with Crippen molar-refractivity contribution in [3.63, 3.8) is 0 Å². The molecular weight excluding hydrogens is 237 g/mol. The van der Waals surface area contributed by atoms with E-state index in [-0.39, 0.29) is 11.9 Å². The van der Waals surface area contributed by atoms with Crippen molar-refractivity contribution in [1.29, 1.82) is 0 Å². The first-order valence-electron chi connectivity index (χ1n) is 5.37. The van der Waals surface area contributed by atoms with Crippen molar-refractivity contribution in [3.05, 3.63) is 45.9 Å². The highest BCUT2D eigenvalue weighted by Crippen LogP contribution is 2.19. The molecule has 2 heterocycles. The van der Waals surface area contributed by atoms with Crippen LogP contribution in [0.1, 0.15) is 22.3 Å². The number of aryl methyl sites for hydroxylation is 1. The molecule has 17 heavy (non-hydrogen) atoms. The Labute approximate surface area is 104 Å². The maximum absolute atomic E-state index is 13.1. The van der Waals surface area contributed by atoms with E-state index in [9.17, 15) is 4.39 Å². The van der Waals surface area contributed by atoms with Crippen LogP contribution in [0.15, 0.2) is 23.8 Å². The molecule has 0 fully saturated rings. The molecule has 0 radical (unpaired) electrons. The van der Waals surface area contributed by atoms with Gasteiger partial charge in [-0.1, -0.05) is 0 Å². The van der Waals surface area contributed by atoms with Gasteiger partial charge in [-0.3, -0.25) is 4.98 Å². The van der Waals surface area contributed by atoms with Crippen LogP contribution in [0.3, 0.4) is 0 Å². The summed E-state index contributed by atoms with van der Waals surface area (Å²) < 4.78 is 13.1. The fourth-order valence-electron chi connectivity index (χ4n) is 1.72. The molecule has 0 aliphatic rings. The Kier molecular flexibility index (Phi) is 3.81. The normalized spacial score (nSPS) is 12.6. The molecule has 0 spiro atoms. The molecule has 0 aliphatic carbocycles. The van der Waals surface area contributed by atoms with Gasteiger partial charge in [0.05, 0.1) is 16.9 Å². The molecule has 5 heteroatoms. The molecule has 2 aromatic rings. The number of halogens is 1. The molecule has 2 aromatic heterocycles. The van der Waals surface area contributed by atoms with Gasteiger partial charge < -0.3 is 5.32 Å². The summed E-state index contributed by atoms with van der Waals surface area (Å²) in [5, 5.41) is 6.24. The highest BCUT2D eigenvalue weighted by atomic mass is 32.1. The molecule has 1 N–H and O–H groups in total. The maximum atomic E-state index is 13.1. The van der Waals surface area contributed by atoms with Gasteiger partial charge in [0, 0.05) is 24.0 Å². The van der Waals surface area contributed by atoms with Gasteiger partial charge in [0.25, 0.3) is 0 Å². The third-order valence-corrected chi connectivity index (χ3v) is 3.38. The van der Waals surface area contributed by atoms with E-state index >= 15 is 0 Å². The van der Waals surface area contributed by atoms with Gasteiger partial charge in [-0.2, -0.15) is 0 Å². The van der Waals surface area contributed by atoms with Crippen LogP contribution in [0, 0.1) is 12.7 Å². The zero-order valence-corrected chi connectivity index (χ0v) is 10.6. The Morgan fingerprint density at radius 3 is 2.88 bits per heavy atom. The van der Waals surface area contributed by atoms with Gasteiger partial charge in [0.15, 0.2) is 0 Å². The fourth-order valence-corrected chi connectivity index (χ4v) is 2.34. The Balaban J connectivity index is 2.16. The van der Waals surface area contributed by atoms with Gasteiger partial charge >= 0.3 is 0 Å². The lowest BCUT2D eigenvalue weighted by Crippen LogP contribution is -2.19. The minimum absolute atomic E-state index is 0.0414. The molecule has 0 saturated carbocycles. The highest BCUT2D eigenvalue weighted by Gasteiger charge is 2.12. The SMILES string of the molecule is CNC(Cc1csc(C)n1)c1cncc(F)c1. The molecule has 1 unspecified atom stereocenters. The molecule has 90 valence electrons. The Hall–Kier alpha value is -1.33. The van der Waals surface area contributed by atoms with Crippen molar-refractivity contribution < 1.29 is 4.39 Å². The number of rotatable bonds is 4. The van der Waals surface area contributed by atoms with Gasteiger partial charge in [0.2, 0.25) is 0 Å². The van der Waals surface area contributed by atoms with E-state index in [1.54, 1.807) is 17.5 Å². The lowest BCUT2D eigenvalue weighted by Gasteiger charge is -2.14. The van der Waals surface area contributed by atoms with Crippen LogP contribution in [0.5, 0.6) is 0 Å². The van der Waals surface area contributed by atoms with E-state index in [2.05, 4.69) is 15.3 Å². The standard InChI is InChI=1S/C12H14FN3S/c1-8-16-11(7-17-8)4-12(14-2)9-3-10(13)6-15-5-9/h3,5-7,12,14H,4H2,1-2H3. The summed E-state index contributed by atoms with van der Waals surface area (Å²) in [6.45, 7) is 1.98. The summed E-state index contributed by atoms with van der Waals surface area (Å²) in [5.41, 5.74) is 1.87. The monoisotopic (exact) mass is 251 g/mol. The van der Waals surface area contributed by atoms with Crippen LogP contribution in [0.25, 0.3) is 0 Å². The first kappa shape index (κ1) is 12.1. The highest BCUT2D eigenvalue weighted by molar-refractivity contribution is 7.09. The van der Waals surface area contributed by atoms with Gasteiger partial charge in [-0.15, -0.1) is 11.3 Å². The second kappa shape index (κ2) is 5.33. The van der Waals surface area contributed by atoms with Crippen LogP contribution >= 0.6 is 11.3 Å². The number of nitrogens with one attached hydrogen (secondary N) is 1. The van der Waals surface area contributed by atoms with Gasteiger partial charge in [0.1, 0.15) is 5.82 Å². The van der Waals surface area contributed by atoms with Crippen molar-refractivity contribution in [3.8, 4) is 0 Å². The van der Waals surface area contributed by atoms with E-state index < -0.39 is 0 Å². The third kappa shape index (κ3) is 3.08. The van der Waals surface area contributed by atoms with Crippen LogP contribution in [-0.4, -0.2) is 17.0 Å². The fraction of sp³-hybridized carbons (Fsp3) is 0.333. The minimum atomic E-state index is -0.308. The second-order valence-corrected chi connectivity index (χ2v) is 4.90. The topological polar surface area (TPSA) is 37.8 Å². The molecule has 0 amide bonds. The van der Waals surface area contributed by atoms with Crippen molar-refractivity contribution in [2.75, 3.05) is 7.05 Å². The molecular formula is C12H14FN3S. The molecule has 2 rings (SSSR count). The molecule has 3 nitrogen and oxygen atoms in total. The summed E-state index contributed by atoms with van der Waals surface area (Å²) in [5.74, 6) is -0.308. The van der Waals surface area contributed by atoms with Crippen molar-refractivity contribution >= 4 is 11.3 Å². The number of likely N-dealkylation sites (N-methyl/N-ethyl adjacent to an activating group) is 1. The van der Waals surface area contributed by atoms with Crippen molar-refractivity contribution in [2.45, 2.75) is 19.4 Å². The number of hydrogen-bond acceptors (Lipinski definition) is 4. The van der Waals surface area contributed by atoms with Gasteiger partial charge in [-0.05, 0) is 25.6 Å². The predicted octanol–water partition coefficient (Wildman–Crippen LogP) is 2.49. The van der Waals surface area contributed by atoms with Crippen LogP contribution in [0.4, 0.5) is 4.39 Å². The van der Waals surface area contributed by atoms with Crippen molar-refractivity contribution in [2.24, 2.45) is 0 Å². The average Bonchev–Trinajstić information content (AvgIpc) is 2.72. The molecule has 0 aromatic carbocycles. The maximum Gasteiger partial charge on any atom is 0.141 e. The van der Waals surface area contributed by atoms with E-state index in [4.69, 9.17) is 0 Å². The van der Waals surface area contributed by atoms with E-state index in [1.165, 1.54) is 12.3 Å². The zero-order valence-electron chi connectivity index (χ0n) is 9.77. The van der Waals surface area contributed by atoms with E-state index in [1.807, 2.05) is 19.4 Å². The van der Waals surface area contributed by atoms with Crippen LogP contribution in [0.2, 0.25) is 0 Å². The summed E-state index contributed by atoms with van der Waals surface area (Å²) in [6.07, 6.45) is 3.64. The lowest BCUT2D eigenvalue weighted by atomic mass is 10.0. The number of nitrogens with zero attached hydrogens (tertiary/aromatic N) is 2. The van der Waals surface area contributed by atoms with E-state index in [0.29, 0.717) is 0 Å². The quantitative estimate of drug-likeness (QED) is 0.907. The first-order valence-corrected chi connectivity index (χ1v) is 6.25. The Morgan fingerprint density at radius 2 is 2.29 bits per heavy atom. The number of hydrogen-bond donors (Lipinski definition) is 1. The molecule has 0 bridgehead atoms. The Morgan fingerprint density at radius 1 is 1.47 bits per heavy atom. The largest absolute Gasteiger partial charge is 0.313 e. The zero-order chi connectivity index (χ0) is 12.3. The first-order chi connectivity index (χ1) is 8.19. The third-order valence-electron chi connectivity index (χ3n) is 2.56. The van der Waals surface area contributed by atoms with Gasteiger partial charge in [-0.25, -0.2) is 9.37 Å². The summed E-state index contributed by atoms with van der Waals surface area (Å²) >= 11 is 1.63. The molecule has 1 atom stereocenters. The average molecular weight is 251 g/mol. The number of thiazole rings is 1. The van der Waals surface area contributed by atoms with Crippen LogP contribution < -0.4 is 5.32 Å². The minimum Gasteiger partial charge on any atom is -0.313 e. The summed E-state index contributed by atoms with van der Waals surface area (Å²) in [7, 11) is 1.86. The number of aromatic nitrogens is 2. The lowest BCUT2D eigenvalue weighted by molar-refractivity contribution is 0.567. The predicted molar refractivity (Wildman–Crippen MR) is 66.6 cm³/mol. The summed E-state index contributed by atoms with van der Waals surface area (Å²) in [6, 6.07) is 1.55. The number of pyridine rings is 1. The van der Waals surface area contributed by atoms with E-state index in [0.717, 1.165) is 22.7 Å². The molecule has 0 saturated heterocycles. The summed E-state index contributed by atoms with van der Waals surface area (Å²) in [4.78, 5) is 8.28. The second-order valence-electron chi connectivity index (χ2n) is 3.84. The van der Waals surface area contributed by atoms with Crippen molar-refractivity contribution in [1.82, 2.24) is 15.3 Å².